The van der Waals surface area contributed by atoms with Gasteiger partial charge in [-0.1, -0.05) is 6.07 Å². The van der Waals surface area contributed by atoms with Crippen LogP contribution in [0.3, 0.4) is 0 Å². The smallest absolute Gasteiger partial charge is 0.342 e. The van der Waals surface area contributed by atoms with Crippen LogP contribution in [0.2, 0.25) is 0 Å². The van der Waals surface area contributed by atoms with E-state index in [0.717, 1.165) is 36.6 Å². The van der Waals surface area contributed by atoms with E-state index in [1.165, 1.54) is 18.5 Å². The molecule has 0 saturated carbocycles. The number of carbonyl (C=O) groups is 1. The third-order valence-corrected chi connectivity index (χ3v) is 3.23. The molecule has 1 aromatic carbocycles. The van der Waals surface area contributed by atoms with E-state index in [0.29, 0.717) is 5.88 Å². The number of ether oxygens (including phenoxy) is 1. The van der Waals surface area contributed by atoms with Crippen LogP contribution < -0.4 is 4.74 Å². The van der Waals surface area contributed by atoms with Crippen molar-refractivity contribution in [3.05, 3.63) is 47.2 Å². The molecule has 0 bridgehead atoms. The molecule has 0 fully saturated rings. The minimum atomic E-state index is -1.37. The van der Waals surface area contributed by atoms with E-state index in [2.05, 4.69) is 9.97 Å². The highest BCUT2D eigenvalue weighted by molar-refractivity contribution is 5.91. The quantitative estimate of drug-likeness (QED) is 0.931. The predicted octanol–water partition coefficient (Wildman–Crippen LogP) is 2.59. The molecule has 0 unspecified atom stereocenters. The molecule has 102 valence electrons. The molecule has 1 aliphatic carbocycles. The number of fused-ring (bicyclic) bond motifs is 1. The Balaban J connectivity index is 2.03. The summed E-state index contributed by atoms with van der Waals surface area (Å²) in [7, 11) is 0. The van der Waals surface area contributed by atoms with Crippen molar-refractivity contribution in [2.24, 2.45) is 0 Å². The van der Waals surface area contributed by atoms with Crippen LogP contribution in [0.15, 0.2) is 24.5 Å². The normalized spacial score (nSPS) is 13.1. The van der Waals surface area contributed by atoms with Crippen LogP contribution >= 0.6 is 0 Å². The zero-order valence-electron chi connectivity index (χ0n) is 10.5. The molecule has 20 heavy (non-hydrogen) atoms. The summed E-state index contributed by atoms with van der Waals surface area (Å²) in [6, 6.07) is 3.90. The van der Waals surface area contributed by atoms with Crippen LogP contribution in [0.1, 0.15) is 28.0 Å². The van der Waals surface area contributed by atoms with Gasteiger partial charge in [0.2, 0.25) is 5.88 Å². The molecule has 5 nitrogen and oxygen atoms in total. The molecule has 0 atom stereocenters. The molecule has 0 aliphatic heterocycles. The molecule has 0 radical (unpaired) electrons. The summed E-state index contributed by atoms with van der Waals surface area (Å²) in [5, 5.41) is 9.07. The lowest BCUT2D eigenvalue weighted by Crippen LogP contribution is -2.05. The minimum Gasteiger partial charge on any atom is -0.477 e. The number of aryl methyl sites for hydroxylation is 1. The number of carboxylic acids is 1. The number of rotatable bonds is 3. The summed E-state index contributed by atoms with van der Waals surface area (Å²) in [5.74, 6) is -1.95. The highest BCUT2D eigenvalue weighted by atomic mass is 19.1. The Hall–Kier alpha value is -2.50. The number of aromatic carboxylic acids is 1. The van der Waals surface area contributed by atoms with E-state index in [1.54, 1.807) is 0 Å². The molecular weight excluding hydrogens is 263 g/mol. The molecule has 3 rings (SSSR count). The maximum atomic E-state index is 13.6. The van der Waals surface area contributed by atoms with Crippen molar-refractivity contribution in [2.45, 2.75) is 19.3 Å². The largest absolute Gasteiger partial charge is 0.477 e. The summed E-state index contributed by atoms with van der Waals surface area (Å²) < 4.78 is 19.1. The van der Waals surface area contributed by atoms with Crippen molar-refractivity contribution >= 4 is 5.97 Å². The van der Waals surface area contributed by atoms with Crippen molar-refractivity contribution in [3.63, 3.8) is 0 Å². The Labute approximate surface area is 114 Å². The number of carboxylic acid groups (broad SMARTS) is 1. The van der Waals surface area contributed by atoms with Crippen molar-refractivity contribution in [1.29, 1.82) is 0 Å². The minimum absolute atomic E-state index is 0.0506. The standard InChI is InChI=1S/C14H11FN2O3/c15-9-4-2-6-11(12(9)14(18)19)20-13-8-3-1-5-10(8)16-7-17-13/h2,4,6-7H,1,3,5H2,(H,18,19). The molecule has 2 aromatic rings. The Morgan fingerprint density at radius 3 is 2.95 bits per heavy atom. The first-order valence-electron chi connectivity index (χ1n) is 6.19. The van der Waals surface area contributed by atoms with Crippen LogP contribution in [-0.2, 0) is 12.8 Å². The maximum absolute atomic E-state index is 13.6. The van der Waals surface area contributed by atoms with Crippen LogP contribution in [-0.4, -0.2) is 21.0 Å². The van der Waals surface area contributed by atoms with E-state index < -0.39 is 17.3 Å². The number of hydrogen-bond donors (Lipinski definition) is 1. The fourth-order valence-electron chi connectivity index (χ4n) is 2.32. The Bertz CT molecular complexity index is 688. The lowest BCUT2D eigenvalue weighted by atomic mass is 10.2. The summed E-state index contributed by atoms with van der Waals surface area (Å²) in [6.07, 6.45) is 3.96. The molecule has 6 heteroatoms. The van der Waals surface area contributed by atoms with Crippen molar-refractivity contribution in [2.75, 3.05) is 0 Å². The SMILES string of the molecule is O=C(O)c1c(F)cccc1Oc1ncnc2c1CCC2. The Morgan fingerprint density at radius 1 is 1.30 bits per heavy atom. The van der Waals surface area contributed by atoms with Crippen molar-refractivity contribution in [3.8, 4) is 11.6 Å². The van der Waals surface area contributed by atoms with Gasteiger partial charge in [0.15, 0.2) is 0 Å². The molecule has 1 N–H and O–H groups in total. The van der Waals surface area contributed by atoms with Gasteiger partial charge in [0, 0.05) is 5.56 Å². The second kappa shape index (κ2) is 4.88. The highest BCUT2D eigenvalue weighted by Crippen LogP contribution is 2.32. The van der Waals surface area contributed by atoms with E-state index in [-0.39, 0.29) is 5.75 Å². The lowest BCUT2D eigenvalue weighted by Gasteiger charge is -2.10. The second-order valence-corrected chi connectivity index (χ2v) is 4.48. The molecule has 1 aliphatic rings. The van der Waals surface area contributed by atoms with E-state index in [9.17, 15) is 9.18 Å². The number of halogens is 1. The number of hydrogen-bond acceptors (Lipinski definition) is 4. The zero-order valence-corrected chi connectivity index (χ0v) is 10.5. The molecular formula is C14H11FN2O3. The van der Waals surface area contributed by atoms with Gasteiger partial charge in [0.05, 0.1) is 5.69 Å². The maximum Gasteiger partial charge on any atom is 0.342 e. The van der Waals surface area contributed by atoms with Crippen LogP contribution in [0.4, 0.5) is 4.39 Å². The van der Waals surface area contributed by atoms with Crippen LogP contribution in [0.25, 0.3) is 0 Å². The predicted molar refractivity (Wildman–Crippen MR) is 67.5 cm³/mol. The Kier molecular flexibility index (Phi) is 3.06. The fourth-order valence-corrected chi connectivity index (χ4v) is 2.32. The topological polar surface area (TPSA) is 72.3 Å². The third kappa shape index (κ3) is 2.09. The molecule has 1 aromatic heterocycles. The summed E-state index contributed by atoms with van der Waals surface area (Å²) in [6.45, 7) is 0. The summed E-state index contributed by atoms with van der Waals surface area (Å²) >= 11 is 0. The summed E-state index contributed by atoms with van der Waals surface area (Å²) in [5.41, 5.74) is 1.29. The molecule has 0 saturated heterocycles. The average molecular weight is 274 g/mol. The van der Waals surface area contributed by atoms with Gasteiger partial charge in [-0.15, -0.1) is 0 Å². The average Bonchev–Trinajstić information content (AvgIpc) is 2.87. The van der Waals surface area contributed by atoms with E-state index in [4.69, 9.17) is 9.84 Å². The molecule has 0 amide bonds. The third-order valence-electron chi connectivity index (χ3n) is 3.23. The van der Waals surface area contributed by atoms with Crippen LogP contribution in [0, 0.1) is 5.82 Å². The van der Waals surface area contributed by atoms with Gasteiger partial charge in [-0.05, 0) is 31.4 Å². The fraction of sp³-hybridized carbons (Fsp3) is 0.214. The van der Waals surface area contributed by atoms with E-state index in [1.807, 2.05) is 0 Å². The number of benzene rings is 1. The van der Waals surface area contributed by atoms with E-state index >= 15 is 0 Å². The first-order chi connectivity index (χ1) is 9.66. The van der Waals surface area contributed by atoms with Gasteiger partial charge in [-0.2, -0.15) is 0 Å². The van der Waals surface area contributed by atoms with Gasteiger partial charge in [-0.3, -0.25) is 0 Å². The molecule has 1 heterocycles. The van der Waals surface area contributed by atoms with Gasteiger partial charge in [0.25, 0.3) is 0 Å². The Morgan fingerprint density at radius 2 is 2.15 bits per heavy atom. The highest BCUT2D eigenvalue weighted by Gasteiger charge is 2.22. The van der Waals surface area contributed by atoms with Gasteiger partial charge in [-0.25, -0.2) is 19.2 Å². The first-order valence-corrected chi connectivity index (χ1v) is 6.19. The van der Waals surface area contributed by atoms with Gasteiger partial charge in [0.1, 0.15) is 23.5 Å². The number of aromatic nitrogens is 2. The summed E-state index contributed by atoms with van der Waals surface area (Å²) in [4.78, 5) is 19.3. The van der Waals surface area contributed by atoms with Gasteiger partial charge >= 0.3 is 5.97 Å². The second-order valence-electron chi connectivity index (χ2n) is 4.48. The number of nitrogens with zero attached hydrogens (tertiary/aromatic N) is 2. The van der Waals surface area contributed by atoms with Crippen molar-refractivity contribution < 1.29 is 19.0 Å². The van der Waals surface area contributed by atoms with Crippen LogP contribution in [0.5, 0.6) is 11.6 Å². The zero-order chi connectivity index (χ0) is 14.1. The monoisotopic (exact) mass is 274 g/mol. The van der Waals surface area contributed by atoms with Crippen molar-refractivity contribution in [1.82, 2.24) is 9.97 Å². The molecule has 0 spiro atoms. The lowest BCUT2D eigenvalue weighted by molar-refractivity contribution is 0.0689. The van der Waals surface area contributed by atoms with Gasteiger partial charge < -0.3 is 9.84 Å². The first kappa shape index (κ1) is 12.5.